The second-order valence-corrected chi connectivity index (χ2v) is 7.63. The lowest BCUT2D eigenvalue weighted by atomic mass is 9.66. The first-order valence-electron chi connectivity index (χ1n) is 6.99. The largest absolute Gasteiger partial charge is 0.497 e. The normalized spacial score (nSPS) is 26.4. The van der Waals surface area contributed by atoms with Gasteiger partial charge in [0.2, 0.25) is 0 Å². The first kappa shape index (κ1) is 14.6. The zero-order valence-electron chi connectivity index (χ0n) is 12.8. The highest BCUT2D eigenvalue weighted by atomic mass is 16.5. The molecule has 0 saturated carbocycles. The van der Waals surface area contributed by atoms with Gasteiger partial charge < -0.3 is 4.74 Å². The fraction of sp³-hybridized carbons (Fsp3) is 0.875. The molecule has 17 heavy (non-hydrogen) atoms. The zero-order valence-corrected chi connectivity index (χ0v) is 12.8. The van der Waals surface area contributed by atoms with Gasteiger partial charge in [0.1, 0.15) is 6.10 Å². The molecule has 0 aromatic heterocycles. The van der Waals surface area contributed by atoms with Crippen LogP contribution in [0.5, 0.6) is 0 Å². The predicted molar refractivity (Wildman–Crippen MR) is 74.9 cm³/mol. The molecule has 1 heteroatoms. The summed E-state index contributed by atoms with van der Waals surface area (Å²) in [6.45, 7) is 16.1. The number of hydrogen-bond donors (Lipinski definition) is 0. The maximum absolute atomic E-state index is 6.08. The van der Waals surface area contributed by atoms with Crippen molar-refractivity contribution in [2.75, 3.05) is 0 Å². The molecule has 1 heterocycles. The Balaban J connectivity index is 2.92. The topological polar surface area (TPSA) is 9.23 Å². The minimum Gasteiger partial charge on any atom is -0.497 e. The van der Waals surface area contributed by atoms with E-state index in [4.69, 9.17) is 4.74 Å². The molecule has 2 unspecified atom stereocenters. The molecule has 0 saturated heterocycles. The minimum atomic E-state index is 0.214. The molecule has 0 spiro atoms. The summed E-state index contributed by atoms with van der Waals surface area (Å²) in [5.41, 5.74) is 2.02. The summed E-state index contributed by atoms with van der Waals surface area (Å²) in [7, 11) is 0. The van der Waals surface area contributed by atoms with Crippen LogP contribution in [0, 0.1) is 16.7 Å². The van der Waals surface area contributed by atoms with Gasteiger partial charge in [-0.1, -0.05) is 54.9 Å². The summed E-state index contributed by atoms with van der Waals surface area (Å²) < 4.78 is 6.08. The molecule has 100 valence electrons. The van der Waals surface area contributed by atoms with Gasteiger partial charge in [0, 0.05) is 5.92 Å². The summed E-state index contributed by atoms with van der Waals surface area (Å²) in [6.07, 6.45) is 5.99. The molecule has 1 aliphatic rings. The molecule has 0 amide bonds. The van der Waals surface area contributed by atoms with E-state index in [1.54, 1.807) is 0 Å². The molecular weight excluding hydrogens is 208 g/mol. The van der Waals surface area contributed by atoms with Crippen LogP contribution in [-0.2, 0) is 4.74 Å². The first-order valence-corrected chi connectivity index (χ1v) is 6.99. The third kappa shape index (κ3) is 3.76. The number of ether oxygens (including phenoxy) is 1. The van der Waals surface area contributed by atoms with Gasteiger partial charge in [-0.15, -0.1) is 0 Å². The lowest BCUT2D eigenvalue weighted by Crippen LogP contribution is -2.43. The van der Waals surface area contributed by atoms with Crippen LogP contribution in [0.2, 0.25) is 0 Å². The summed E-state index contributed by atoms with van der Waals surface area (Å²) in [6, 6.07) is 0. The van der Waals surface area contributed by atoms with Crippen LogP contribution in [0.4, 0.5) is 0 Å². The molecule has 0 aliphatic carbocycles. The van der Waals surface area contributed by atoms with Crippen LogP contribution in [0.25, 0.3) is 0 Å². The predicted octanol–water partition coefficient (Wildman–Crippen LogP) is 5.17. The van der Waals surface area contributed by atoms with Crippen LogP contribution >= 0.6 is 0 Å². The smallest absolute Gasteiger partial charge is 0.106 e. The number of allylic oxidation sites excluding steroid dienone is 1. The molecule has 1 aliphatic heterocycles. The molecular formula is C16H30O. The third-order valence-corrected chi connectivity index (χ3v) is 3.77. The molecule has 1 nitrogen and oxygen atoms in total. The highest BCUT2D eigenvalue weighted by molar-refractivity contribution is 5.08. The van der Waals surface area contributed by atoms with Gasteiger partial charge in [0.15, 0.2) is 0 Å². The van der Waals surface area contributed by atoms with E-state index in [9.17, 15) is 0 Å². The van der Waals surface area contributed by atoms with E-state index in [1.165, 1.54) is 24.8 Å². The van der Waals surface area contributed by atoms with Crippen LogP contribution in [-0.4, -0.2) is 6.10 Å². The van der Waals surface area contributed by atoms with Gasteiger partial charge in [-0.25, -0.2) is 0 Å². The maximum atomic E-state index is 6.08. The SMILES string of the molecule is CCCC1=COC(C(C)(C)C)C(C(C)(C)C)C1. The Kier molecular flexibility index (Phi) is 4.33. The lowest BCUT2D eigenvalue weighted by molar-refractivity contribution is -0.0537. The van der Waals surface area contributed by atoms with Gasteiger partial charge in [-0.3, -0.25) is 0 Å². The van der Waals surface area contributed by atoms with Crippen LogP contribution in [0.3, 0.4) is 0 Å². The van der Waals surface area contributed by atoms with E-state index >= 15 is 0 Å². The molecule has 2 atom stereocenters. The summed E-state index contributed by atoms with van der Waals surface area (Å²) in [5, 5.41) is 0. The quantitative estimate of drug-likeness (QED) is 0.645. The summed E-state index contributed by atoms with van der Waals surface area (Å²) >= 11 is 0. The second-order valence-electron chi connectivity index (χ2n) is 7.63. The Labute approximate surface area is 108 Å². The molecule has 0 radical (unpaired) electrons. The van der Waals surface area contributed by atoms with Crippen molar-refractivity contribution in [3.63, 3.8) is 0 Å². The molecule has 0 N–H and O–H groups in total. The standard InChI is InChI=1S/C16H30O/c1-8-9-12-10-13(15(2,3)4)14(17-11-12)16(5,6)7/h11,13-14H,8-10H2,1-7H3. The van der Waals surface area contributed by atoms with Gasteiger partial charge in [0.05, 0.1) is 6.26 Å². The van der Waals surface area contributed by atoms with Crippen molar-refractivity contribution >= 4 is 0 Å². The molecule has 0 fully saturated rings. The van der Waals surface area contributed by atoms with E-state index in [0.29, 0.717) is 17.4 Å². The molecule has 0 aromatic rings. The van der Waals surface area contributed by atoms with Crippen LogP contribution < -0.4 is 0 Å². The maximum Gasteiger partial charge on any atom is 0.106 e. The van der Waals surface area contributed by atoms with Crippen molar-refractivity contribution in [3.8, 4) is 0 Å². The fourth-order valence-corrected chi connectivity index (χ4v) is 2.75. The highest BCUT2D eigenvalue weighted by Crippen LogP contribution is 2.44. The lowest BCUT2D eigenvalue weighted by Gasteiger charge is -2.45. The van der Waals surface area contributed by atoms with Crippen molar-refractivity contribution in [2.24, 2.45) is 16.7 Å². The van der Waals surface area contributed by atoms with E-state index in [1.807, 2.05) is 6.26 Å². The Morgan fingerprint density at radius 2 is 1.71 bits per heavy atom. The zero-order chi connectivity index (χ0) is 13.3. The third-order valence-electron chi connectivity index (χ3n) is 3.77. The Bertz CT molecular complexity index is 275. The Morgan fingerprint density at radius 3 is 2.12 bits per heavy atom. The Morgan fingerprint density at radius 1 is 1.12 bits per heavy atom. The molecule has 1 rings (SSSR count). The van der Waals surface area contributed by atoms with E-state index < -0.39 is 0 Å². The summed E-state index contributed by atoms with van der Waals surface area (Å²) in [5.74, 6) is 0.619. The Hall–Kier alpha value is -0.460. The van der Waals surface area contributed by atoms with Gasteiger partial charge >= 0.3 is 0 Å². The van der Waals surface area contributed by atoms with Crippen molar-refractivity contribution in [2.45, 2.75) is 73.8 Å². The highest BCUT2D eigenvalue weighted by Gasteiger charge is 2.42. The average molecular weight is 238 g/mol. The number of hydrogen-bond acceptors (Lipinski definition) is 1. The monoisotopic (exact) mass is 238 g/mol. The van der Waals surface area contributed by atoms with Crippen molar-refractivity contribution in [3.05, 3.63) is 11.8 Å². The first-order chi connectivity index (χ1) is 7.66. The fourth-order valence-electron chi connectivity index (χ4n) is 2.75. The van der Waals surface area contributed by atoms with Crippen LogP contribution in [0.1, 0.15) is 67.7 Å². The van der Waals surface area contributed by atoms with E-state index in [0.717, 1.165) is 0 Å². The number of rotatable bonds is 2. The molecule has 0 aromatic carbocycles. The van der Waals surface area contributed by atoms with Crippen molar-refractivity contribution in [1.82, 2.24) is 0 Å². The van der Waals surface area contributed by atoms with Crippen molar-refractivity contribution in [1.29, 1.82) is 0 Å². The second kappa shape index (κ2) is 5.04. The van der Waals surface area contributed by atoms with E-state index in [-0.39, 0.29) is 5.41 Å². The van der Waals surface area contributed by atoms with Crippen LogP contribution in [0.15, 0.2) is 11.8 Å². The minimum absolute atomic E-state index is 0.214. The van der Waals surface area contributed by atoms with Crippen molar-refractivity contribution < 1.29 is 4.74 Å². The van der Waals surface area contributed by atoms with Gasteiger partial charge in [-0.05, 0) is 29.2 Å². The molecule has 0 bridgehead atoms. The average Bonchev–Trinajstić information content (AvgIpc) is 2.15. The van der Waals surface area contributed by atoms with Gasteiger partial charge in [-0.2, -0.15) is 0 Å². The van der Waals surface area contributed by atoms with E-state index in [2.05, 4.69) is 48.5 Å². The van der Waals surface area contributed by atoms with Gasteiger partial charge in [0.25, 0.3) is 0 Å². The summed E-state index contributed by atoms with van der Waals surface area (Å²) in [4.78, 5) is 0.